The van der Waals surface area contributed by atoms with Crippen LogP contribution in [0.2, 0.25) is 0 Å². The minimum absolute atomic E-state index is 0.231. The molecule has 3 heteroatoms. The molecule has 0 radical (unpaired) electrons. The van der Waals surface area contributed by atoms with Crippen LogP contribution in [0.5, 0.6) is 0 Å². The Kier molecular flexibility index (Phi) is 3.10. The highest BCUT2D eigenvalue weighted by atomic mass is 16.3. The van der Waals surface area contributed by atoms with E-state index in [0.29, 0.717) is 0 Å². The Balaban J connectivity index is 1.89. The summed E-state index contributed by atoms with van der Waals surface area (Å²) in [5.74, 6) is 1.64. The average molecular weight is 198 g/mol. The molecule has 0 aromatic carbocycles. The number of aliphatic hydroxyl groups excluding tert-OH is 1. The van der Waals surface area contributed by atoms with E-state index >= 15 is 0 Å². The maximum Gasteiger partial charge on any atom is 0.0443 e. The van der Waals surface area contributed by atoms with Gasteiger partial charge in [0.05, 0.1) is 0 Å². The maximum atomic E-state index is 8.77. The van der Waals surface area contributed by atoms with Crippen molar-refractivity contribution >= 4 is 0 Å². The van der Waals surface area contributed by atoms with Crippen molar-refractivity contribution in [1.29, 1.82) is 0 Å². The minimum atomic E-state index is 0.231. The first-order chi connectivity index (χ1) is 6.83. The van der Waals surface area contributed by atoms with Crippen molar-refractivity contribution in [3.8, 4) is 0 Å². The summed E-state index contributed by atoms with van der Waals surface area (Å²) in [5, 5.41) is 12.4. The molecule has 0 bridgehead atoms. The van der Waals surface area contributed by atoms with Crippen LogP contribution in [0.15, 0.2) is 0 Å². The first-order valence-corrected chi connectivity index (χ1v) is 5.89. The Morgan fingerprint density at radius 1 is 1.21 bits per heavy atom. The SMILES string of the molecule is NCC(NCCCO)(C1CC1)C1CC1. The maximum absolute atomic E-state index is 8.77. The van der Waals surface area contributed by atoms with E-state index < -0.39 is 0 Å². The van der Waals surface area contributed by atoms with Crippen LogP contribution < -0.4 is 11.1 Å². The van der Waals surface area contributed by atoms with Gasteiger partial charge in [0.25, 0.3) is 0 Å². The molecule has 0 atom stereocenters. The van der Waals surface area contributed by atoms with Gasteiger partial charge in [0.15, 0.2) is 0 Å². The standard InChI is InChI=1S/C11H22N2O/c12-8-11(9-2-3-9,10-4-5-10)13-6-1-7-14/h9-10,13-14H,1-8,12H2. The van der Waals surface area contributed by atoms with Gasteiger partial charge in [-0.05, 0) is 50.5 Å². The summed E-state index contributed by atoms with van der Waals surface area (Å²) in [6.45, 7) is 1.97. The zero-order chi connectivity index (χ0) is 10.0. The Bertz CT molecular complexity index is 176. The summed E-state index contributed by atoms with van der Waals surface area (Å²) in [5.41, 5.74) is 6.18. The van der Waals surface area contributed by atoms with Crippen LogP contribution in [0, 0.1) is 11.8 Å². The molecule has 0 amide bonds. The predicted octanol–water partition coefficient (Wildman–Crippen LogP) is 0.476. The fourth-order valence-corrected chi connectivity index (χ4v) is 2.62. The molecule has 0 aromatic heterocycles. The lowest BCUT2D eigenvalue weighted by Crippen LogP contribution is -2.55. The Morgan fingerprint density at radius 3 is 2.14 bits per heavy atom. The van der Waals surface area contributed by atoms with Crippen LogP contribution in [0.1, 0.15) is 32.1 Å². The van der Waals surface area contributed by atoms with Crippen molar-refractivity contribution in [2.24, 2.45) is 17.6 Å². The quantitative estimate of drug-likeness (QED) is 0.521. The van der Waals surface area contributed by atoms with E-state index in [1.165, 1.54) is 25.7 Å². The molecule has 3 nitrogen and oxygen atoms in total. The lowest BCUT2D eigenvalue weighted by Gasteiger charge is -2.34. The second-order valence-corrected chi connectivity index (χ2v) is 4.80. The van der Waals surface area contributed by atoms with Crippen molar-refractivity contribution in [2.45, 2.75) is 37.6 Å². The van der Waals surface area contributed by atoms with E-state index in [0.717, 1.165) is 31.3 Å². The van der Waals surface area contributed by atoms with E-state index in [1.807, 2.05) is 0 Å². The first-order valence-electron chi connectivity index (χ1n) is 5.89. The molecule has 0 unspecified atom stereocenters. The number of rotatable bonds is 7. The number of hydrogen-bond acceptors (Lipinski definition) is 3. The van der Waals surface area contributed by atoms with Crippen molar-refractivity contribution in [3.63, 3.8) is 0 Å². The Hall–Kier alpha value is -0.120. The van der Waals surface area contributed by atoms with Crippen LogP contribution in [0.3, 0.4) is 0 Å². The fraction of sp³-hybridized carbons (Fsp3) is 1.00. The minimum Gasteiger partial charge on any atom is -0.396 e. The zero-order valence-corrected chi connectivity index (χ0v) is 8.84. The van der Waals surface area contributed by atoms with E-state index in [2.05, 4.69) is 5.32 Å². The van der Waals surface area contributed by atoms with Gasteiger partial charge >= 0.3 is 0 Å². The third-order valence-electron chi connectivity index (χ3n) is 3.74. The number of hydrogen-bond donors (Lipinski definition) is 3. The molecule has 2 aliphatic carbocycles. The Morgan fingerprint density at radius 2 is 1.79 bits per heavy atom. The molecule has 2 fully saturated rings. The van der Waals surface area contributed by atoms with Gasteiger partial charge in [-0.2, -0.15) is 0 Å². The summed E-state index contributed by atoms with van der Waals surface area (Å²) >= 11 is 0. The molecule has 2 saturated carbocycles. The second kappa shape index (κ2) is 4.17. The van der Waals surface area contributed by atoms with Crippen LogP contribution in [0.4, 0.5) is 0 Å². The normalized spacial score (nSPS) is 22.7. The number of aliphatic hydroxyl groups is 1. The molecule has 14 heavy (non-hydrogen) atoms. The van der Waals surface area contributed by atoms with Gasteiger partial charge in [-0.1, -0.05) is 0 Å². The first kappa shape index (κ1) is 10.4. The van der Waals surface area contributed by atoms with Gasteiger partial charge < -0.3 is 16.2 Å². The van der Waals surface area contributed by atoms with E-state index in [4.69, 9.17) is 10.8 Å². The summed E-state index contributed by atoms with van der Waals surface area (Å²) in [6.07, 6.45) is 6.24. The van der Waals surface area contributed by atoms with Crippen molar-refractivity contribution in [3.05, 3.63) is 0 Å². The number of nitrogens with two attached hydrogens (primary N) is 1. The third-order valence-corrected chi connectivity index (χ3v) is 3.74. The second-order valence-electron chi connectivity index (χ2n) is 4.80. The fourth-order valence-electron chi connectivity index (χ4n) is 2.62. The molecule has 4 N–H and O–H groups in total. The van der Waals surface area contributed by atoms with Gasteiger partial charge in [-0.3, -0.25) is 0 Å². The molecule has 0 spiro atoms. The van der Waals surface area contributed by atoms with Crippen LogP contribution in [0.25, 0.3) is 0 Å². The van der Waals surface area contributed by atoms with Gasteiger partial charge in [-0.15, -0.1) is 0 Å². The Labute approximate surface area is 86.1 Å². The van der Waals surface area contributed by atoms with Crippen molar-refractivity contribution in [2.75, 3.05) is 19.7 Å². The molecule has 2 rings (SSSR count). The highest BCUT2D eigenvalue weighted by Gasteiger charge is 2.52. The van der Waals surface area contributed by atoms with Gasteiger partial charge in [0.2, 0.25) is 0 Å². The van der Waals surface area contributed by atoms with Gasteiger partial charge in [0, 0.05) is 18.7 Å². The molecular formula is C11H22N2O. The van der Waals surface area contributed by atoms with Gasteiger partial charge in [-0.25, -0.2) is 0 Å². The smallest absolute Gasteiger partial charge is 0.0443 e. The topological polar surface area (TPSA) is 58.3 Å². The molecule has 82 valence electrons. The van der Waals surface area contributed by atoms with Crippen LogP contribution in [-0.2, 0) is 0 Å². The van der Waals surface area contributed by atoms with Crippen molar-refractivity contribution in [1.82, 2.24) is 5.32 Å². The van der Waals surface area contributed by atoms with E-state index in [1.54, 1.807) is 0 Å². The largest absolute Gasteiger partial charge is 0.396 e. The lowest BCUT2D eigenvalue weighted by molar-refractivity contribution is 0.230. The average Bonchev–Trinajstić information content (AvgIpc) is 3.06. The summed E-state index contributed by atoms with van der Waals surface area (Å²) in [6, 6.07) is 0. The monoisotopic (exact) mass is 198 g/mol. The highest BCUT2D eigenvalue weighted by Crippen LogP contribution is 2.51. The molecule has 0 aliphatic heterocycles. The zero-order valence-electron chi connectivity index (χ0n) is 8.84. The lowest BCUT2D eigenvalue weighted by atomic mass is 9.87. The van der Waals surface area contributed by atoms with Crippen molar-refractivity contribution < 1.29 is 5.11 Å². The summed E-state index contributed by atoms with van der Waals surface area (Å²) < 4.78 is 0. The highest BCUT2D eigenvalue weighted by molar-refractivity contribution is 5.10. The number of nitrogens with one attached hydrogen (secondary N) is 1. The molecular weight excluding hydrogens is 176 g/mol. The summed E-state index contributed by atoms with van der Waals surface area (Å²) in [4.78, 5) is 0. The predicted molar refractivity (Wildman–Crippen MR) is 56.9 cm³/mol. The third kappa shape index (κ3) is 1.95. The van der Waals surface area contributed by atoms with E-state index in [9.17, 15) is 0 Å². The van der Waals surface area contributed by atoms with Crippen LogP contribution in [-0.4, -0.2) is 30.3 Å². The van der Waals surface area contributed by atoms with Crippen LogP contribution >= 0.6 is 0 Å². The molecule has 0 heterocycles. The molecule has 0 saturated heterocycles. The van der Waals surface area contributed by atoms with Gasteiger partial charge in [0.1, 0.15) is 0 Å². The summed E-state index contributed by atoms with van der Waals surface area (Å²) in [7, 11) is 0. The molecule has 0 aromatic rings. The van der Waals surface area contributed by atoms with E-state index in [-0.39, 0.29) is 12.1 Å². The molecule has 2 aliphatic rings.